The lowest BCUT2D eigenvalue weighted by Crippen LogP contribution is -2.31. The number of sulfonamides is 1. The molecule has 0 saturated heterocycles. The Morgan fingerprint density at radius 1 is 1.06 bits per heavy atom. The van der Waals surface area contributed by atoms with Gasteiger partial charge in [-0.05, 0) is 31.8 Å². The second-order valence-corrected chi connectivity index (χ2v) is 9.32. The highest BCUT2D eigenvalue weighted by Crippen LogP contribution is 2.27. The van der Waals surface area contributed by atoms with Gasteiger partial charge >= 0.3 is 0 Å². The third kappa shape index (κ3) is 7.59. The minimum absolute atomic E-state index is 0.117. The van der Waals surface area contributed by atoms with Crippen LogP contribution in [0.3, 0.4) is 0 Å². The van der Waals surface area contributed by atoms with E-state index in [1.165, 1.54) is 12.1 Å². The van der Waals surface area contributed by atoms with E-state index in [0.29, 0.717) is 13.1 Å². The van der Waals surface area contributed by atoms with Crippen molar-refractivity contribution < 1.29 is 18.1 Å². The van der Waals surface area contributed by atoms with Gasteiger partial charge in [-0.3, -0.25) is 14.9 Å². The smallest absolute Gasteiger partial charge is 0.293 e. The van der Waals surface area contributed by atoms with Crippen LogP contribution in [-0.2, 0) is 21.4 Å². The molecule has 2 N–H and O–H groups in total. The molecule has 0 radical (unpaired) electrons. The normalized spacial score (nSPS) is 11.4. The molecule has 0 spiro atoms. The highest BCUT2D eigenvalue weighted by Gasteiger charge is 2.21. The molecule has 0 bridgehead atoms. The third-order valence-corrected chi connectivity index (χ3v) is 6.13. The van der Waals surface area contributed by atoms with Gasteiger partial charge in [0.2, 0.25) is 15.9 Å². The fourth-order valence-corrected chi connectivity index (χ4v) is 3.95. The van der Waals surface area contributed by atoms with Crippen LogP contribution in [0.25, 0.3) is 0 Å². The summed E-state index contributed by atoms with van der Waals surface area (Å²) in [6.45, 7) is 1.31. The average molecular weight is 464 g/mol. The molecule has 10 nitrogen and oxygen atoms in total. The van der Waals surface area contributed by atoms with E-state index in [1.54, 1.807) is 11.9 Å². The molecule has 0 aliphatic heterocycles. The number of nitrogens with zero attached hydrogens (tertiary/aromatic N) is 3. The largest absolute Gasteiger partial charge is 0.379 e. The molecule has 2 aromatic carbocycles. The molecule has 0 aromatic heterocycles. The molecule has 0 unspecified atom stereocenters. The van der Waals surface area contributed by atoms with Crippen molar-refractivity contribution >= 4 is 27.3 Å². The monoisotopic (exact) mass is 463 g/mol. The molecule has 0 atom stereocenters. The van der Waals surface area contributed by atoms with Gasteiger partial charge in [-0.25, -0.2) is 13.1 Å². The summed E-state index contributed by atoms with van der Waals surface area (Å²) in [5.41, 5.74) is 0.786. The quantitative estimate of drug-likeness (QED) is 0.364. The van der Waals surface area contributed by atoms with Crippen LogP contribution >= 0.6 is 0 Å². The summed E-state index contributed by atoms with van der Waals surface area (Å²) in [5, 5.41) is 14.4. The summed E-state index contributed by atoms with van der Waals surface area (Å²) in [4.78, 5) is 26.4. The number of hydrogen-bond donors (Lipinski definition) is 2. The van der Waals surface area contributed by atoms with E-state index in [4.69, 9.17) is 0 Å². The first-order chi connectivity index (χ1) is 15.1. The first-order valence-electron chi connectivity index (χ1n) is 10.0. The molecule has 2 aromatic rings. The zero-order valence-corrected chi connectivity index (χ0v) is 19.3. The molecule has 0 fully saturated rings. The molecular weight excluding hydrogens is 434 g/mol. The summed E-state index contributed by atoms with van der Waals surface area (Å²) in [6, 6.07) is 13.2. The van der Waals surface area contributed by atoms with Crippen molar-refractivity contribution in [2.75, 3.05) is 46.1 Å². The van der Waals surface area contributed by atoms with Crippen molar-refractivity contribution in [1.82, 2.24) is 14.5 Å². The zero-order chi connectivity index (χ0) is 23.7. The standard InChI is InChI=1S/C21H29N5O5S/c1-24(2)14-13-23-32(30,31)18-9-10-19(20(15-18)26(28)29)22-12-11-21(27)25(3)16-17-7-5-4-6-8-17/h4-10,15,22-23H,11-14,16H2,1-3H3. The molecule has 1 amide bonds. The molecule has 0 aliphatic rings. The fourth-order valence-electron chi connectivity index (χ4n) is 2.91. The van der Waals surface area contributed by atoms with Gasteiger partial charge in [-0.15, -0.1) is 0 Å². The van der Waals surface area contributed by atoms with Crippen molar-refractivity contribution in [2.45, 2.75) is 17.9 Å². The van der Waals surface area contributed by atoms with Gasteiger partial charge in [-0.1, -0.05) is 30.3 Å². The predicted octanol–water partition coefficient (Wildman–Crippen LogP) is 1.90. The van der Waals surface area contributed by atoms with Crippen LogP contribution in [0.5, 0.6) is 0 Å². The molecular formula is C21H29N5O5S. The molecule has 32 heavy (non-hydrogen) atoms. The van der Waals surface area contributed by atoms with Crippen LogP contribution in [0.2, 0.25) is 0 Å². The number of hydrogen-bond acceptors (Lipinski definition) is 7. The first-order valence-corrected chi connectivity index (χ1v) is 11.5. The predicted molar refractivity (Wildman–Crippen MR) is 123 cm³/mol. The molecule has 0 aliphatic carbocycles. The maximum atomic E-state index is 12.4. The van der Waals surface area contributed by atoms with Gasteiger partial charge < -0.3 is 15.1 Å². The molecule has 0 heterocycles. The molecule has 2 rings (SSSR count). The third-order valence-electron chi connectivity index (χ3n) is 4.67. The summed E-state index contributed by atoms with van der Waals surface area (Å²) >= 11 is 0. The number of nitro benzene ring substituents is 1. The van der Waals surface area contributed by atoms with Gasteiger partial charge in [0.1, 0.15) is 5.69 Å². The number of likely N-dealkylation sites (N-methyl/N-ethyl adjacent to an activating group) is 1. The SMILES string of the molecule is CN(C)CCNS(=O)(=O)c1ccc(NCCC(=O)N(C)Cc2ccccc2)c([N+](=O)[O-])c1. The van der Waals surface area contributed by atoms with E-state index < -0.39 is 14.9 Å². The Balaban J connectivity index is 1.99. The number of rotatable bonds is 12. The minimum atomic E-state index is -3.87. The number of anilines is 1. The van der Waals surface area contributed by atoms with Crippen molar-refractivity contribution in [3.8, 4) is 0 Å². The van der Waals surface area contributed by atoms with Crippen LogP contribution in [0.4, 0.5) is 11.4 Å². The Hall–Kier alpha value is -3.02. The van der Waals surface area contributed by atoms with Crippen LogP contribution in [0, 0.1) is 10.1 Å². The Kier molecular flexibility index (Phi) is 9.12. The number of nitro groups is 1. The van der Waals surface area contributed by atoms with E-state index in [9.17, 15) is 23.3 Å². The summed E-state index contributed by atoms with van der Waals surface area (Å²) in [7, 11) is 1.44. The van der Waals surface area contributed by atoms with Gasteiger partial charge in [0.05, 0.1) is 9.82 Å². The summed E-state index contributed by atoms with van der Waals surface area (Å²) in [5.74, 6) is -0.117. The number of amides is 1. The van der Waals surface area contributed by atoms with Crippen LogP contribution < -0.4 is 10.0 Å². The van der Waals surface area contributed by atoms with Crippen LogP contribution in [0.15, 0.2) is 53.4 Å². The second-order valence-electron chi connectivity index (χ2n) is 7.55. The van der Waals surface area contributed by atoms with Crippen molar-refractivity contribution in [3.05, 3.63) is 64.2 Å². The molecule has 11 heteroatoms. The van der Waals surface area contributed by atoms with E-state index in [1.807, 2.05) is 49.3 Å². The van der Waals surface area contributed by atoms with E-state index in [0.717, 1.165) is 11.6 Å². The molecule has 0 saturated carbocycles. The summed E-state index contributed by atoms with van der Waals surface area (Å²) < 4.78 is 27.2. The maximum absolute atomic E-state index is 12.4. The Morgan fingerprint density at radius 2 is 1.75 bits per heavy atom. The Labute approximate surface area is 188 Å². The minimum Gasteiger partial charge on any atom is -0.379 e. The Morgan fingerprint density at radius 3 is 2.38 bits per heavy atom. The van der Waals surface area contributed by atoms with Crippen LogP contribution in [-0.4, -0.2) is 69.8 Å². The van der Waals surface area contributed by atoms with E-state index in [-0.39, 0.29) is 41.7 Å². The van der Waals surface area contributed by atoms with Gasteiger partial charge in [0.15, 0.2) is 0 Å². The maximum Gasteiger partial charge on any atom is 0.293 e. The Bertz CT molecular complexity index is 1030. The molecule has 174 valence electrons. The number of nitrogens with one attached hydrogen (secondary N) is 2. The van der Waals surface area contributed by atoms with Crippen molar-refractivity contribution in [1.29, 1.82) is 0 Å². The lowest BCUT2D eigenvalue weighted by molar-refractivity contribution is -0.384. The van der Waals surface area contributed by atoms with E-state index >= 15 is 0 Å². The zero-order valence-electron chi connectivity index (χ0n) is 18.4. The number of carbonyl (C=O) groups is 1. The highest BCUT2D eigenvalue weighted by molar-refractivity contribution is 7.89. The summed E-state index contributed by atoms with van der Waals surface area (Å²) in [6.07, 6.45) is 0.132. The van der Waals surface area contributed by atoms with Crippen molar-refractivity contribution in [3.63, 3.8) is 0 Å². The van der Waals surface area contributed by atoms with Gasteiger partial charge in [-0.2, -0.15) is 0 Å². The lowest BCUT2D eigenvalue weighted by Gasteiger charge is -2.17. The lowest BCUT2D eigenvalue weighted by atomic mass is 10.2. The number of carbonyl (C=O) groups excluding carboxylic acids is 1. The van der Waals surface area contributed by atoms with Gasteiger partial charge in [0.25, 0.3) is 5.69 Å². The first kappa shape index (κ1) is 25.2. The fraction of sp³-hybridized carbons (Fsp3) is 0.381. The average Bonchev–Trinajstić information content (AvgIpc) is 2.73. The van der Waals surface area contributed by atoms with Gasteiger partial charge in [0, 0.05) is 45.7 Å². The second kappa shape index (κ2) is 11.6. The van der Waals surface area contributed by atoms with E-state index in [2.05, 4.69) is 10.0 Å². The van der Waals surface area contributed by atoms with Crippen LogP contribution in [0.1, 0.15) is 12.0 Å². The topological polar surface area (TPSA) is 125 Å². The highest BCUT2D eigenvalue weighted by atomic mass is 32.2. The van der Waals surface area contributed by atoms with Crippen molar-refractivity contribution in [2.24, 2.45) is 0 Å². The number of benzene rings is 2.